The predicted molar refractivity (Wildman–Crippen MR) is 81.8 cm³/mol. The maximum atomic E-state index is 11.8. The first-order chi connectivity index (χ1) is 9.54. The normalized spacial score (nSPS) is 18.4. The zero-order valence-corrected chi connectivity index (χ0v) is 11.8. The van der Waals surface area contributed by atoms with E-state index < -0.39 is 0 Å². The number of hydrazine groups is 1. The molecule has 1 unspecified atom stereocenters. The van der Waals surface area contributed by atoms with E-state index >= 15 is 0 Å². The molecule has 0 aromatic heterocycles. The molecule has 1 heterocycles. The lowest BCUT2D eigenvalue weighted by Gasteiger charge is -2.20. The van der Waals surface area contributed by atoms with Crippen LogP contribution in [0, 0.1) is 5.92 Å². The van der Waals surface area contributed by atoms with Crippen LogP contribution >= 0.6 is 0 Å². The molecule has 7 heteroatoms. The van der Waals surface area contributed by atoms with Crippen molar-refractivity contribution in [2.75, 3.05) is 19.6 Å². The standard InChI is InChI=1S/C13H21BN4O2/c1-2-3-11(14)13(20)18(15)9-12(19)17-8-10-4-6-16-7-5-10/h2-3,6,10H,1,4-5,7-9,14-15H2,(H,17,19)/b11-3+. The molecule has 2 amide bonds. The molecular formula is C13H21BN4O2. The minimum Gasteiger partial charge on any atom is -0.354 e. The van der Waals surface area contributed by atoms with Gasteiger partial charge in [0.25, 0.3) is 5.91 Å². The summed E-state index contributed by atoms with van der Waals surface area (Å²) in [6.07, 6.45) is 6.81. The molecule has 0 fully saturated rings. The topological polar surface area (TPSA) is 87.8 Å². The van der Waals surface area contributed by atoms with Crippen LogP contribution in [0.5, 0.6) is 0 Å². The van der Waals surface area contributed by atoms with Crippen LogP contribution in [-0.2, 0) is 9.59 Å². The molecule has 0 aliphatic carbocycles. The Morgan fingerprint density at radius 1 is 1.60 bits per heavy atom. The first-order valence-electron chi connectivity index (χ1n) is 6.65. The quantitative estimate of drug-likeness (QED) is 0.163. The summed E-state index contributed by atoms with van der Waals surface area (Å²) in [6, 6.07) is 0. The molecule has 0 saturated heterocycles. The minimum absolute atomic E-state index is 0.151. The third-order valence-electron chi connectivity index (χ3n) is 3.10. The first kappa shape index (κ1) is 16.2. The summed E-state index contributed by atoms with van der Waals surface area (Å²) in [5.41, 5.74) is 0.443. The van der Waals surface area contributed by atoms with Crippen molar-refractivity contribution in [2.45, 2.75) is 12.8 Å². The summed E-state index contributed by atoms with van der Waals surface area (Å²) < 4.78 is 0. The highest BCUT2D eigenvalue weighted by Crippen LogP contribution is 2.09. The molecule has 1 aliphatic rings. The Morgan fingerprint density at radius 3 is 2.95 bits per heavy atom. The van der Waals surface area contributed by atoms with E-state index in [-0.39, 0.29) is 18.4 Å². The predicted octanol–water partition coefficient (Wildman–Crippen LogP) is -1.01. The van der Waals surface area contributed by atoms with Crippen LogP contribution < -0.4 is 11.2 Å². The Labute approximate surface area is 120 Å². The lowest BCUT2D eigenvalue weighted by molar-refractivity contribution is -0.133. The summed E-state index contributed by atoms with van der Waals surface area (Å²) in [5, 5.41) is 3.70. The van der Waals surface area contributed by atoms with Gasteiger partial charge in [-0.1, -0.05) is 18.7 Å². The third kappa shape index (κ3) is 5.40. The fourth-order valence-electron chi connectivity index (χ4n) is 1.89. The largest absolute Gasteiger partial charge is 0.354 e. The van der Waals surface area contributed by atoms with Crippen LogP contribution in [-0.4, -0.2) is 50.5 Å². The number of aliphatic imine (C=N–C) groups is 1. The van der Waals surface area contributed by atoms with E-state index in [0.717, 1.165) is 24.4 Å². The molecule has 108 valence electrons. The highest BCUT2D eigenvalue weighted by molar-refractivity contribution is 6.36. The molecule has 1 aliphatic heterocycles. The van der Waals surface area contributed by atoms with Crippen molar-refractivity contribution >= 4 is 25.9 Å². The summed E-state index contributed by atoms with van der Waals surface area (Å²) >= 11 is 0. The number of nitrogens with two attached hydrogens (primary N) is 1. The molecule has 0 bridgehead atoms. The second-order valence-electron chi connectivity index (χ2n) is 4.80. The average Bonchev–Trinajstić information content (AvgIpc) is 2.45. The van der Waals surface area contributed by atoms with Gasteiger partial charge < -0.3 is 5.32 Å². The summed E-state index contributed by atoms with van der Waals surface area (Å²) in [6.45, 7) is 4.76. The van der Waals surface area contributed by atoms with Crippen LogP contribution in [0.25, 0.3) is 0 Å². The summed E-state index contributed by atoms with van der Waals surface area (Å²) in [4.78, 5) is 27.6. The Hall–Kier alpha value is -1.89. The Bertz CT molecular complexity index is 434. The number of hydrogen-bond donors (Lipinski definition) is 2. The van der Waals surface area contributed by atoms with Crippen molar-refractivity contribution in [3.8, 4) is 0 Å². The maximum absolute atomic E-state index is 11.8. The van der Waals surface area contributed by atoms with E-state index in [2.05, 4.69) is 16.9 Å². The van der Waals surface area contributed by atoms with Crippen molar-refractivity contribution in [2.24, 2.45) is 16.8 Å². The number of nitrogens with zero attached hydrogens (tertiary/aromatic N) is 2. The van der Waals surface area contributed by atoms with E-state index in [9.17, 15) is 9.59 Å². The van der Waals surface area contributed by atoms with E-state index in [0.29, 0.717) is 17.9 Å². The second kappa shape index (κ2) is 8.32. The zero-order valence-electron chi connectivity index (χ0n) is 11.8. The average molecular weight is 276 g/mol. The fraction of sp³-hybridized carbons (Fsp3) is 0.462. The Morgan fingerprint density at radius 2 is 2.35 bits per heavy atom. The molecule has 0 aromatic carbocycles. The summed E-state index contributed by atoms with van der Waals surface area (Å²) in [5.74, 6) is 5.36. The monoisotopic (exact) mass is 276 g/mol. The van der Waals surface area contributed by atoms with Crippen molar-refractivity contribution in [3.05, 3.63) is 24.2 Å². The van der Waals surface area contributed by atoms with Crippen LogP contribution in [0.3, 0.4) is 0 Å². The maximum Gasteiger partial charge on any atom is 0.254 e. The number of nitrogens with one attached hydrogen (secondary N) is 1. The lowest BCUT2D eigenvalue weighted by Crippen LogP contribution is -2.46. The summed E-state index contributed by atoms with van der Waals surface area (Å²) in [7, 11) is 1.63. The van der Waals surface area contributed by atoms with Crippen molar-refractivity contribution in [1.82, 2.24) is 10.3 Å². The molecule has 1 rings (SSSR count). The van der Waals surface area contributed by atoms with Crippen molar-refractivity contribution in [3.63, 3.8) is 0 Å². The van der Waals surface area contributed by atoms with Gasteiger partial charge in [0.05, 0.1) is 0 Å². The molecule has 0 aromatic rings. The van der Waals surface area contributed by atoms with E-state index in [1.807, 2.05) is 6.21 Å². The van der Waals surface area contributed by atoms with Gasteiger partial charge in [-0.15, -0.1) is 0 Å². The third-order valence-corrected chi connectivity index (χ3v) is 3.10. The van der Waals surface area contributed by atoms with Gasteiger partial charge in [0, 0.05) is 13.1 Å². The van der Waals surface area contributed by atoms with Gasteiger partial charge in [0.2, 0.25) is 5.91 Å². The molecule has 0 saturated carbocycles. The molecule has 20 heavy (non-hydrogen) atoms. The van der Waals surface area contributed by atoms with Gasteiger partial charge in [-0.3, -0.25) is 19.6 Å². The number of carbonyl (C=O) groups excluding carboxylic acids is 2. The van der Waals surface area contributed by atoms with Crippen molar-refractivity contribution < 1.29 is 9.59 Å². The molecule has 6 nitrogen and oxygen atoms in total. The lowest BCUT2D eigenvalue weighted by atomic mass is 9.94. The van der Waals surface area contributed by atoms with E-state index in [4.69, 9.17) is 5.84 Å². The van der Waals surface area contributed by atoms with E-state index in [1.165, 1.54) is 6.08 Å². The molecule has 0 spiro atoms. The van der Waals surface area contributed by atoms with Gasteiger partial charge in [-0.2, -0.15) is 0 Å². The van der Waals surface area contributed by atoms with Gasteiger partial charge >= 0.3 is 0 Å². The van der Waals surface area contributed by atoms with Crippen LogP contribution in [0.1, 0.15) is 12.8 Å². The number of hydrogen-bond acceptors (Lipinski definition) is 4. The Kier molecular flexibility index (Phi) is 6.73. The van der Waals surface area contributed by atoms with Crippen LogP contribution in [0.15, 0.2) is 29.2 Å². The molecular weight excluding hydrogens is 255 g/mol. The Balaban J connectivity index is 2.34. The zero-order chi connectivity index (χ0) is 15.0. The van der Waals surface area contributed by atoms with E-state index in [1.54, 1.807) is 13.9 Å². The molecule has 0 radical (unpaired) electrons. The van der Waals surface area contributed by atoms with Crippen LogP contribution in [0.2, 0.25) is 0 Å². The minimum atomic E-state index is -0.384. The number of carbonyl (C=O) groups is 2. The smallest absolute Gasteiger partial charge is 0.254 e. The van der Waals surface area contributed by atoms with Gasteiger partial charge in [-0.05, 0) is 30.4 Å². The second-order valence-corrected chi connectivity index (χ2v) is 4.80. The highest BCUT2D eigenvalue weighted by Gasteiger charge is 2.16. The number of rotatable bonds is 6. The van der Waals surface area contributed by atoms with Crippen LogP contribution in [0.4, 0.5) is 0 Å². The van der Waals surface area contributed by atoms with Gasteiger partial charge in [0.1, 0.15) is 14.4 Å². The van der Waals surface area contributed by atoms with Crippen molar-refractivity contribution in [1.29, 1.82) is 0 Å². The molecule has 3 N–H and O–H groups in total. The number of allylic oxidation sites excluding steroid dienone is 2. The van der Waals surface area contributed by atoms with Gasteiger partial charge in [0.15, 0.2) is 0 Å². The fourth-order valence-corrected chi connectivity index (χ4v) is 1.89. The first-order valence-corrected chi connectivity index (χ1v) is 6.65. The number of amides is 2. The highest BCUT2D eigenvalue weighted by atomic mass is 16.2. The SMILES string of the molecule is B/C(=C/C=C)C(=O)N(N)CC(=O)NCC1CC=NCC1. The molecule has 1 atom stereocenters. The van der Waals surface area contributed by atoms with Gasteiger partial charge in [-0.25, -0.2) is 5.84 Å².